The van der Waals surface area contributed by atoms with Crippen molar-refractivity contribution in [1.82, 2.24) is 14.5 Å². The van der Waals surface area contributed by atoms with Crippen LogP contribution in [0, 0.1) is 0 Å². The molecule has 2 aromatic rings. The number of nitrogens with zero attached hydrogens (tertiary/aromatic N) is 3. The Morgan fingerprint density at radius 2 is 2.11 bits per heavy atom. The first-order valence-electron chi connectivity index (χ1n) is 4.89. The first-order valence-corrected chi connectivity index (χ1v) is 6.06. The van der Waals surface area contributed by atoms with Crippen LogP contribution in [0.3, 0.4) is 0 Å². The molecule has 102 valence electrons. The lowest BCUT2D eigenvalue weighted by atomic mass is 10.3. The van der Waals surface area contributed by atoms with Gasteiger partial charge in [-0.1, -0.05) is 11.6 Å². The highest BCUT2D eigenvalue weighted by Gasteiger charge is 2.35. The van der Waals surface area contributed by atoms with Crippen LogP contribution in [-0.2, 0) is 12.9 Å². The normalized spacial score (nSPS) is 11.9. The summed E-state index contributed by atoms with van der Waals surface area (Å²) < 4.78 is 39.2. The fourth-order valence-corrected chi connectivity index (χ4v) is 2.14. The highest BCUT2D eigenvalue weighted by molar-refractivity contribution is 9.10. The molecule has 19 heavy (non-hydrogen) atoms. The van der Waals surface area contributed by atoms with Gasteiger partial charge in [0.2, 0.25) is 0 Å². The number of pyridine rings is 1. The van der Waals surface area contributed by atoms with Crippen molar-refractivity contribution in [3.05, 3.63) is 33.6 Å². The number of hydrogen-bond acceptors (Lipinski definition) is 3. The molecule has 0 aliphatic rings. The third-order valence-electron chi connectivity index (χ3n) is 2.24. The number of alkyl halides is 3. The van der Waals surface area contributed by atoms with Crippen LogP contribution in [0.5, 0.6) is 0 Å². The molecular weight excluding hydrogens is 350 g/mol. The second-order valence-electron chi connectivity index (χ2n) is 3.54. The van der Waals surface area contributed by atoms with Gasteiger partial charge in [-0.25, -0.2) is 4.98 Å². The molecule has 0 saturated heterocycles. The van der Waals surface area contributed by atoms with Crippen LogP contribution in [0.2, 0.25) is 5.02 Å². The van der Waals surface area contributed by atoms with E-state index in [9.17, 15) is 13.2 Å². The van der Waals surface area contributed by atoms with Crippen LogP contribution in [0.1, 0.15) is 5.69 Å². The van der Waals surface area contributed by atoms with Crippen LogP contribution in [-0.4, -0.2) is 19.6 Å². The monoisotopic (exact) mass is 355 g/mol. The van der Waals surface area contributed by atoms with Crippen molar-refractivity contribution in [2.75, 3.05) is 0 Å². The Labute approximate surface area is 119 Å². The van der Waals surface area contributed by atoms with E-state index in [1.165, 1.54) is 12.3 Å². The largest absolute Gasteiger partial charge is 0.434 e. The lowest BCUT2D eigenvalue weighted by Gasteiger charge is -2.05. The van der Waals surface area contributed by atoms with Crippen molar-refractivity contribution in [2.45, 2.75) is 12.9 Å². The standard InChI is InChI=1S/C10H6BrClF3N3O/c11-5-1-6(12)8(16-2-5)9-17-7(10(13,14)15)3-18(9)4-19/h1-3,19H,4H2. The van der Waals surface area contributed by atoms with Gasteiger partial charge in [-0.2, -0.15) is 13.2 Å². The Hall–Kier alpha value is -1.12. The molecule has 0 bridgehead atoms. The molecule has 0 spiro atoms. The lowest BCUT2D eigenvalue weighted by Crippen LogP contribution is -2.05. The number of halogens is 5. The minimum Gasteiger partial charge on any atom is -0.376 e. The van der Waals surface area contributed by atoms with Crippen LogP contribution >= 0.6 is 27.5 Å². The number of imidazole rings is 1. The van der Waals surface area contributed by atoms with Crippen molar-refractivity contribution in [1.29, 1.82) is 0 Å². The molecule has 0 saturated carbocycles. The zero-order valence-electron chi connectivity index (χ0n) is 9.12. The van der Waals surface area contributed by atoms with Gasteiger partial charge in [-0.3, -0.25) is 4.98 Å². The van der Waals surface area contributed by atoms with Gasteiger partial charge in [0.25, 0.3) is 0 Å². The third kappa shape index (κ3) is 2.90. The van der Waals surface area contributed by atoms with E-state index in [-0.39, 0.29) is 16.5 Å². The molecule has 0 aliphatic carbocycles. The van der Waals surface area contributed by atoms with Gasteiger partial charge < -0.3 is 9.67 Å². The van der Waals surface area contributed by atoms with Gasteiger partial charge in [0.05, 0.1) is 5.02 Å². The topological polar surface area (TPSA) is 50.9 Å². The molecule has 9 heteroatoms. The van der Waals surface area contributed by atoms with Gasteiger partial charge in [-0.15, -0.1) is 0 Å². The summed E-state index contributed by atoms with van der Waals surface area (Å²) in [5, 5.41) is 9.21. The second kappa shape index (κ2) is 5.10. The number of aliphatic hydroxyl groups is 1. The van der Waals surface area contributed by atoms with E-state index < -0.39 is 18.6 Å². The molecule has 2 rings (SSSR count). The minimum atomic E-state index is -4.60. The summed E-state index contributed by atoms with van der Waals surface area (Å²) in [5.74, 6) is -0.146. The predicted molar refractivity (Wildman–Crippen MR) is 65.4 cm³/mol. The molecular formula is C10H6BrClF3N3O. The molecule has 4 nitrogen and oxygen atoms in total. The first kappa shape index (κ1) is 14.3. The van der Waals surface area contributed by atoms with Crippen LogP contribution in [0.4, 0.5) is 13.2 Å². The van der Waals surface area contributed by atoms with Gasteiger partial charge in [0.1, 0.15) is 12.4 Å². The van der Waals surface area contributed by atoms with E-state index in [0.29, 0.717) is 10.7 Å². The molecule has 0 fully saturated rings. The summed E-state index contributed by atoms with van der Waals surface area (Å²) in [6.07, 6.45) is -2.52. The second-order valence-corrected chi connectivity index (χ2v) is 4.87. The van der Waals surface area contributed by atoms with Crippen molar-refractivity contribution < 1.29 is 18.3 Å². The van der Waals surface area contributed by atoms with Gasteiger partial charge in [-0.05, 0) is 22.0 Å². The molecule has 0 atom stereocenters. The van der Waals surface area contributed by atoms with Crippen LogP contribution < -0.4 is 0 Å². The summed E-state index contributed by atoms with van der Waals surface area (Å²) in [4.78, 5) is 7.34. The van der Waals surface area contributed by atoms with Crippen LogP contribution in [0.15, 0.2) is 22.9 Å². The van der Waals surface area contributed by atoms with Crippen molar-refractivity contribution in [3.63, 3.8) is 0 Å². The minimum absolute atomic E-state index is 0.0643. The Balaban J connectivity index is 2.58. The van der Waals surface area contributed by atoms with E-state index >= 15 is 0 Å². The van der Waals surface area contributed by atoms with Gasteiger partial charge >= 0.3 is 6.18 Å². The quantitative estimate of drug-likeness (QED) is 0.898. The summed E-state index contributed by atoms with van der Waals surface area (Å²) in [6.45, 7) is -0.660. The average Bonchev–Trinajstić information content (AvgIpc) is 2.72. The van der Waals surface area contributed by atoms with Crippen molar-refractivity contribution in [2.24, 2.45) is 0 Å². The Bertz CT molecular complexity index is 615. The molecule has 0 radical (unpaired) electrons. The van der Waals surface area contributed by atoms with E-state index in [2.05, 4.69) is 25.9 Å². The number of aromatic nitrogens is 3. The zero-order valence-corrected chi connectivity index (χ0v) is 11.5. The Kier molecular flexibility index (Phi) is 3.84. The van der Waals surface area contributed by atoms with Gasteiger partial charge in [0.15, 0.2) is 11.5 Å². The predicted octanol–water partition coefficient (Wildman–Crippen LogP) is 3.33. The van der Waals surface area contributed by atoms with Crippen LogP contribution in [0.25, 0.3) is 11.5 Å². The SMILES string of the molecule is OCn1cc(C(F)(F)F)nc1-c1ncc(Br)cc1Cl. The zero-order chi connectivity index (χ0) is 14.2. The highest BCUT2D eigenvalue weighted by atomic mass is 79.9. The van der Waals surface area contributed by atoms with Gasteiger partial charge in [0, 0.05) is 16.9 Å². The number of rotatable bonds is 2. The molecule has 0 unspecified atom stereocenters. The van der Waals surface area contributed by atoms with Crippen molar-refractivity contribution >= 4 is 27.5 Å². The fourth-order valence-electron chi connectivity index (χ4n) is 1.43. The number of hydrogen-bond donors (Lipinski definition) is 1. The smallest absolute Gasteiger partial charge is 0.376 e. The third-order valence-corrected chi connectivity index (χ3v) is 2.96. The maximum atomic E-state index is 12.6. The van der Waals surface area contributed by atoms with E-state index in [0.717, 1.165) is 4.57 Å². The molecule has 0 aromatic carbocycles. The Morgan fingerprint density at radius 3 is 2.63 bits per heavy atom. The molecule has 2 heterocycles. The van der Waals surface area contributed by atoms with E-state index in [1.807, 2.05) is 0 Å². The van der Waals surface area contributed by atoms with Crippen molar-refractivity contribution in [3.8, 4) is 11.5 Å². The Morgan fingerprint density at radius 1 is 1.42 bits per heavy atom. The first-order chi connectivity index (χ1) is 8.82. The highest BCUT2D eigenvalue weighted by Crippen LogP contribution is 2.33. The molecule has 0 amide bonds. The number of aliphatic hydroxyl groups excluding tert-OH is 1. The van der Waals surface area contributed by atoms with E-state index in [4.69, 9.17) is 16.7 Å². The molecule has 2 aromatic heterocycles. The molecule has 1 N–H and O–H groups in total. The fraction of sp³-hybridized carbons (Fsp3) is 0.200. The average molecular weight is 357 g/mol. The lowest BCUT2D eigenvalue weighted by molar-refractivity contribution is -0.140. The summed E-state index contributed by atoms with van der Waals surface area (Å²) in [7, 11) is 0. The summed E-state index contributed by atoms with van der Waals surface area (Å²) >= 11 is 9.05. The maximum absolute atomic E-state index is 12.6. The maximum Gasteiger partial charge on any atom is 0.434 e. The summed E-state index contributed by atoms with van der Waals surface area (Å²) in [6, 6.07) is 1.48. The van der Waals surface area contributed by atoms with E-state index in [1.54, 1.807) is 0 Å². The summed E-state index contributed by atoms with van der Waals surface area (Å²) in [5.41, 5.74) is -1.05. The molecule has 0 aliphatic heterocycles.